The predicted octanol–water partition coefficient (Wildman–Crippen LogP) is 2.52. The van der Waals surface area contributed by atoms with E-state index in [2.05, 4.69) is 18.8 Å². The number of ether oxygens (including phenoxy) is 1. The normalized spacial score (nSPS) is 14.3. The minimum absolute atomic E-state index is 0.684. The van der Waals surface area contributed by atoms with Crippen LogP contribution < -0.4 is 4.74 Å². The molecule has 0 radical (unpaired) electrons. The van der Waals surface area contributed by atoms with Crippen molar-refractivity contribution in [2.75, 3.05) is 6.61 Å². The lowest BCUT2D eigenvalue weighted by molar-refractivity contribution is 0.353. The van der Waals surface area contributed by atoms with Gasteiger partial charge in [0.05, 0.1) is 12.3 Å². The van der Waals surface area contributed by atoms with E-state index in [1.807, 2.05) is 13.1 Å². The first-order chi connectivity index (χ1) is 6.68. The topological polar surface area (TPSA) is 22.1 Å². The van der Waals surface area contributed by atoms with E-state index in [1.165, 1.54) is 11.1 Å². The van der Waals surface area contributed by atoms with Crippen molar-refractivity contribution in [2.24, 2.45) is 5.92 Å². The second kappa shape index (κ2) is 3.60. The lowest BCUT2D eigenvalue weighted by atomic mass is 9.98. The molecule has 0 N–H and O–H groups in total. The molecular formula is C12H17NO. The van der Waals surface area contributed by atoms with Crippen molar-refractivity contribution in [3.05, 3.63) is 23.0 Å². The smallest absolute Gasteiger partial charge is 0.144 e. The van der Waals surface area contributed by atoms with Crippen LogP contribution in [-0.2, 0) is 12.8 Å². The molecule has 0 bridgehead atoms. The molecule has 0 aromatic carbocycles. The Bertz CT molecular complexity index is 344. The summed E-state index contributed by atoms with van der Waals surface area (Å²) < 4.78 is 5.59. The fourth-order valence-corrected chi connectivity index (χ4v) is 2.01. The summed E-state index contributed by atoms with van der Waals surface area (Å²) in [6.07, 6.45) is 4.18. The lowest BCUT2D eigenvalue weighted by Crippen LogP contribution is -2.00. The Morgan fingerprint density at radius 2 is 2.29 bits per heavy atom. The number of aryl methyl sites for hydroxylation is 1. The third kappa shape index (κ3) is 1.61. The molecule has 1 aliphatic rings. The van der Waals surface area contributed by atoms with Gasteiger partial charge in [-0.25, -0.2) is 0 Å². The molecule has 14 heavy (non-hydrogen) atoms. The minimum Gasteiger partial charge on any atom is -0.491 e. The molecule has 1 aromatic heterocycles. The molecule has 2 heterocycles. The third-order valence-electron chi connectivity index (χ3n) is 2.63. The monoisotopic (exact) mass is 191 g/mol. The summed E-state index contributed by atoms with van der Waals surface area (Å²) in [4.78, 5) is 4.38. The Kier molecular flexibility index (Phi) is 2.44. The van der Waals surface area contributed by atoms with E-state index >= 15 is 0 Å². The van der Waals surface area contributed by atoms with Gasteiger partial charge in [0.1, 0.15) is 5.75 Å². The van der Waals surface area contributed by atoms with Gasteiger partial charge in [0.25, 0.3) is 0 Å². The lowest BCUT2D eigenvalue weighted by Gasteiger charge is -2.10. The van der Waals surface area contributed by atoms with E-state index < -0.39 is 0 Å². The standard InChI is InChI=1S/C12H17NO/c1-8(2)6-10-7-13-9(3)12-11(10)4-5-14-12/h7-8H,4-6H2,1-3H3. The Morgan fingerprint density at radius 1 is 1.50 bits per heavy atom. The number of nitrogens with zero attached hydrogens (tertiary/aromatic N) is 1. The van der Waals surface area contributed by atoms with Crippen LogP contribution >= 0.6 is 0 Å². The predicted molar refractivity (Wildman–Crippen MR) is 56.7 cm³/mol. The molecule has 1 aliphatic heterocycles. The van der Waals surface area contributed by atoms with Gasteiger partial charge >= 0.3 is 0 Å². The highest BCUT2D eigenvalue weighted by atomic mass is 16.5. The Labute approximate surface area is 85.3 Å². The van der Waals surface area contributed by atoms with Crippen molar-refractivity contribution in [2.45, 2.75) is 33.6 Å². The van der Waals surface area contributed by atoms with Crippen molar-refractivity contribution in [1.82, 2.24) is 4.98 Å². The van der Waals surface area contributed by atoms with Crippen molar-refractivity contribution in [3.63, 3.8) is 0 Å². The van der Waals surface area contributed by atoms with Gasteiger partial charge in [-0.15, -0.1) is 0 Å². The van der Waals surface area contributed by atoms with Gasteiger partial charge in [-0.05, 0) is 24.8 Å². The fraction of sp³-hybridized carbons (Fsp3) is 0.583. The van der Waals surface area contributed by atoms with E-state index in [0.717, 1.165) is 30.9 Å². The molecule has 0 saturated heterocycles. The first-order valence-electron chi connectivity index (χ1n) is 5.28. The summed E-state index contributed by atoms with van der Waals surface area (Å²) in [5, 5.41) is 0. The van der Waals surface area contributed by atoms with Gasteiger partial charge in [-0.3, -0.25) is 4.98 Å². The van der Waals surface area contributed by atoms with E-state index in [0.29, 0.717) is 5.92 Å². The van der Waals surface area contributed by atoms with Crippen LogP contribution in [0.2, 0.25) is 0 Å². The summed E-state index contributed by atoms with van der Waals surface area (Å²) in [5.41, 5.74) is 3.80. The second-order valence-electron chi connectivity index (χ2n) is 4.37. The van der Waals surface area contributed by atoms with Crippen molar-refractivity contribution in [3.8, 4) is 5.75 Å². The molecule has 2 nitrogen and oxygen atoms in total. The zero-order chi connectivity index (χ0) is 10.1. The van der Waals surface area contributed by atoms with Crippen LogP contribution in [0.25, 0.3) is 0 Å². The minimum atomic E-state index is 0.684. The quantitative estimate of drug-likeness (QED) is 0.716. The number of pyridine rings is 1. The molecule has 0 saturated carbocycles. The van der Waals surface area contributed by atoms with Crippen LogP contribution in [0.5, 0.6) is 5.75 Å². The SMILES string of the molecule is Cc1ncc(CC(C)C)c2c1OCC2. The number of hydrogen-bond acceptors (Lipinski definition) is 2. The maximum Gasteiger partial charge on any atom is 0.144 e. The van der Waals surface area contributed by atoms with E-state index in [9.17, 15) is 0 Å². The van der Waals surface area contributed by atoms with E-state index in [4.69, 9.17) is 4.74 Å². The summed E-state index contributed by atoms with van der Waals surface area (Å²) in [7, 11) is 0. The summed E-state index contributed by atoms with van der Waals surface area (Å²) in [5.74, 6) is 1.73. The molecule has 0 aliphatic carbocycles. The van der Waals surface area contributed by atoms with Crippen molar-refractivity contribution in [1.29, 1.82) is 0 Å². The van der Waals surface area contributed by atoms with Crippen molar-refractivity contribution < 1.29 is 4.74 Å². The average molecular weight is 191 g/mol. The third-order valence-corrected chi connectivity index (χ3v) is 2.63. The van der Waals surface area contributed by atoms with Crippen LogP contribution in [0.3, 0.4) is 0 Å². The van der Waals surface area contributed by atoms with Crippen LogP contribution in [0.15, 0.2) is 6.20 Å². The van der Waals surface area contributed by atoms with Gasteiger partial charge in [-0.1, -0.05) is 13.8 Å². The molecule has 76 valence electrons. The highest BCUT2D eigenvalue weighted by molar-refractivity contribution is 5.44. The zero-order valence-electron chi connectivity index (χ0n) is 9.13. The van der Waals surface area contributed by atoms with Crippen LogP contribution in [0.4, 0.5) is 0 Å². The van der Waals surface area contributed by atoms with Crippen molar-refractivity contribution >= 4 is 0 Å². The molecular weight excluding hydrogens is 174 g/mol. The first-order valence-corrected chi connectivity index (χ1v) is 5.28. The highest BCUT2D eigenvalue weighted by Gasteiger charge is 2.19. The van der Waals surface area contributed by atoms with E-state index in [1.54, 1.807) is 0 Å². The molecule has 0 amide bonds. The summed E-state index contributed by atoms with van der Waals surface area (Å²) in [6, 6.07) is 0. The van der Waals surface area contributed by atoms with Gasteiger partial charge in [0.15, 0.2) is 0 Å². The van der Waals surface area contributed by atoms with E-state index in [-0.39, 0.29) is 0 Å². The molecule has 1 aromatic rings. The van der Waals surface area contributed by atoms with Crippen LogP contribution in [-0.4, -0.2) is 11.6 Å². The number of aromatic nitrogens is 1. The molecule has 2 rings (SSSR count). The zero-order valence-corrected chi connectivity index (χ0v) is 9.13. The Balaban J connectivity index is 2.38. The molecule has 0 atom stereocenters. The fourth-order valence-electron chi connectivity index (χ4n) is 2.01. The summed E-state index contributed by atoms with van der Waals surface area (Å²) >= 11 is 0. The molecule has 2 heteroatoms. The van der Waals surface area contributed by atoms with Crippen LogP contribution in [0.1, 0.15) is 30.7 Å². The average Bonchev–Trinajstić information content (AvgIpc) is 2.58. The van der Waals surface area contributed by atoms with Gasteiger partial charge in [0, 0.05) is 18.2 Å². The summed E-state index contributed by atoms with van der Waals surface area (Å²) in [6.45, 7) is 7.32. The molecule has 0 spiro atoms. The van der Waals surface area contributed by atoms with Crippen LogP contribution in [0, 0.1) is 12.8 Å². The first kappa shape index (κ1) is 9.50. The Hall–Kier alpha value is -1.05. The maximum absolute atomic E-state index is 5.59. The van der Waals surface area contributed by atoms with Gasteiger partial charge < -0.3 is 4.74 Å². The highest BCUT2D eigenvalue weighted by Crippen LogP contribution is 2.31. The van der Waals surface area contributed by atoms with Gasteiger partial charge in [0.2, 0.25) is 0 Å². The largest absolute Gasteiger partial charge is 0.491 e. The van der Waals surface area contributed by atoms with Gasteiger partial charge in [-0.2, -0.15) is 0 Å². The Morgan fingerprint density at radius 3 is 3.00 bits per heavy atom. The number of hydrogen-bond donors (Lipinski definition) is 0. The number of rotatable bonds is 2. The molecule has 0 fully saturated rings. The molecule has 0 unspecified atom stereocenters. The maximum atomic E-state index is 5.59. The number of fused-ring (bicyclic) bond motifs is 1. The second-order valence-corrected chi connectivity index (χ2v) is 4.37.